The van der Waals surface area contributed by atoms with Crippen LogP contribution in [0, 0.1) is 11.3 Å². The van der Waals surface area contributed by atoms with E-state index < -0.39 is 15.9 Å². The second kappa shape index (κ2) is 8.49. The van der Waals surface area contributed by atoms with Crippen molar-refractivity contribution in [2.75, 3.05) is 5.32 Å². The van der Waals surface area contributed by atoms with Crippen LogP contribution >= 0.6 is 11.3 Å². The number of rotatable bonds is 5. The molecule has 0 aliphatic heterocycles. The van der Waals surface area contributed by atoms with Crippen molar-refractivity contribution in [1.29, 1.82) is 0 Å². The van der Waals surface area contributed by atoms with E-state index in [0.29, 0.717) is 16.5 Å². The van der Waals surface area contributed by atoms with E-state index in [1.165, 1.54) is 53.0 Å². The van der Waals surface area contributed by atoms with Crippen molar-refractivity contribution in [1.82, 2.24) is 10.3 Å². The number of sulfonamides is 1. The van der Waals surface area contributed by atoms with E-state index >= 15 is 0 Å². The molecule has 9 heteroatoms. The highest BCUT2D eigenvalue weighted by molar-refractivity contribution is 7.89. The molecular weight excluding hydrogens is 422 g/mol. The Morgan fingerprint density at radius 3 is 2.40 bits per heavy atom. The first-order valence-corrected chi connectivity index (χ1v) is 12.1. The highest BCUT2D eigenvalue weighted by Crippen LogP contribution is 2.40. The molecule has 0 spiro atoms. The first-order valence-electron chi connectivity index (χ1n) is 9.77. The van der Waals surface area contributed by atoms with E-state index in [2.05, 4.69) is 36.3 Å². The molecule has 1 aromatic heterocycles. The van der Waals surface area contributed by atoms with Crippen molar-refractivity contribution in [2.45, 2.75) is 51.9 Å². The SMILES string of the molecule is CC(=O)Nc1ccc(S(=O)(=O)NNC(=O)c2cc3c(s2)CCC(C(C)(C)C)C3)cc1. The monoisotopic (exact) mass is 449 g/mol. The van der Waals surface area contributed by atoms with Gasteiger partial charge in [0.05, 0.1) is 9.77 Å². The molecule has 1 atom stereocenters. The Morgan fingerprint density at radius 2 is 1.80 bits per heavy atom. The lowest BCUT2D eigenvalue weighted by Gasteiger charge is -2.33. The molecule has 0 radical (unpaired) electrons. The summed E-state index contributed by atoms with van der Waals surface area (Å²) in [6.45, 7) is 8.08. The third-order valence-corrected chi connectivity index (χ3v) is 7.81. The third kappa shape index (κ3) is 5.27. The van der Waals surface area contributed by atoms with Crippen LogP contribution in [0.1, 0.15) is 54.2 Å². The van der Waals surface area contributed by atoms with Gasteiger partial charge in [-0.25, -0.2) is 8.42 Å². The summed E-state index contributed by atoms with van der Waals surface area (Å²) in [6.07, 6.45) is 2.98. The predicted octanol–water partition coefficient (Wildman–Crippen LogP) is 3.48. The van der Waals surface area contributed by atoms with Crippen LogP contribution in [-0.4, -0.2) is 20.2 Å². The fourth-order valence-corrected chi connectivity index (χ4v) is 5.47. The molecule has 162 valence electrons. The van der Waals surface area contributed by atoms with E-state index in [4.69, 9.17) is 0 Å². The molecule has 1 heterocycles. The lowest BCUT2D eigenvalue weighted by atomic mass is 9.72. The van der Waals surface area contributed by atoms with Crippen LogP contribution in [0.25, 0.3) is 0 Å². The number of thiophene rings is 1. The number of fused-ring (bicyclic) bond motifs is 1. The van der Waals surface area contributed by atoms with E-state index in [1.807, 2.05) is 6.07 Å². The second-order valence-corrected chi connectivity index (χ2v) is 11.4. The summed E-state index contributed by atoms with van der Waals surface area (Å²) in [5.41, 5.74) is 4.19. The highest BCUT2D eigenvalue weighted by Gasteiger charge is 2.30. The van der Waals surface area contributed by atoms with Crippen LogP contribution in [0.15, 0.2) is 35.2 Å². The van der Waals surface area contributed by atoms with Crippen molar-refractivity contribution in [3.05, 3.63) is 45.6 Å². The van der Waals surface area contributed by atoms with Gasteiger partial charge in [-0.1, -0.05) is 20.8 Å². The van der Waals surface area contributed by atoms with Gasteiger partial charge in [0.1, 0.15) is 0 Å². The molecule has 30 heavy (non-hydrogen) atoms. The number of aryl methyl sites for hydroxylation is 1. The first kappa shape index (κ1) is 22.5. The normalized spacial score (nSPS) is 16.6. The molecular formula is C21H27N3O4S2. The maximum absolute atomic E-state index is 12.5. The van der Waals surface area contributed by atoms with E-state index in [-0.39, 0.29) is 16.2 Å². The molecule has 0 fully saturated rings. The number of anilines is 1. The van der Waals surface area contributed by atoms with Gasteiger partial charge in [-0.05, 0) is 66.5 Å². The van der Waals surface area contributed by atoms with Gasteiger partial charge in [-0.2, -0.15) is 0 Å². The lowest BCUT2D eigenvalue weighted by Crippen LogP contribution is -2.41. The Balaban J connectivity index is 1.64. The number of carbonyl (C=O) groups is 2. The average molecular weight is 450 g/mol. The quantitative estimate of drug-likeness (QED) is 0.608. The third-order valence-electron chi connectivity index (χ3n) is 5.32. The van der Waals surface area contributed by atoms with Crippen LogP contribution in [0.3, 0.4) is 0 Å². The van der Waals surface area contributed by atoms with Crippen molar-refractivity contribution in [3.8, 4) is 0 Å². The van der Waals surface area contributed by atoms with E-state index in [9.17, 15) is 18.0 Å². The summed E-state index contributed by atoms with van der Waals surface area (Å²) in [7, 11) is -3.93. The van der Waals surface area contributed by atoms with Gasteiger partial charge >= 0.3 is 0 Å². The van der Waals surface area contributed by atoms with Gasteiger partial charge in [-0.15, -0.1) is 16.2 Å². The van der Waals surface area contributed by atoms with E-state index in [0.717, 1.165) is 19.3 Å². The van der Waals surface area contributed by atoms with Crippen LogP contribution in [0.4, 0.5) is 5.69 Å². The number of hydrogen-bond donors (Lipinski definition) is 3. The largest absolute Gasteiger partial charge is 0.326 e. The first-order chi connectivity index (χ1) is 14.0. The van der Waals surface area contributed by atoms with Crippen molar-refractivity contribution >= 4 is 38.9 Å². The number of hydrogen-bond acceptors (Lipinski definition) is 5. The number of benzene rings is 1. The van der Waals surface area contributed by atoms with Crippen molar-refractivity contribution in [2.24, 2.45) is 11.3 Å². The maximum Gasteiger partial charge on any atom is 0.276 e. The molecule has 2 aromatic rings. The fourth-order valence-electron chi connectivity index (χ4n) is 3.53. The molecule has 3 rings (SSSR count). The van der Waals surface area contributed by atoms with Gasteiger partial charge < -0.3 is 5.32 Å². The Kier molecular flexibility index (Phi) is 6.35. The molecule has 0 saturated carbocycles. The summed E-state index contributed by atoms with van der Waals surface area (Å²) < 4.78 is 24.9. The van der Waals surface area contributed by atoms with Crippen LogP contribution in [0.2, 0.25) is 0 Å². The van der Waals surface area contributed by atoms with E-state index in [1.54, 1.807) is 0 Å². The Hall–Kier alpha value is -2.23. The zero-order chi connectivity index (χ0) is 22.1. The molecule has 1 aromatic carbocycles. The topological polar surface area (TPSA) is 104 Å². The van der Waals surface area contributed by atoms with Crippen LogP contribution in [-0.2, 0) is 27.7 Å². The van der Waals surface area contributed by atoms with Crippen LogP contribution in [0.5, 0.6) is 0 Å². The fraction of sp³-hybridized carbons (Fsp3) is 0.429. The minimum atomic E-state index is -3.93. The summed E-state index contributed by atoms with van der Waals surface area (Å²) in [6, 6.07) is 7.56. The molecule has 2 amide bonds. The van der Waals surface area contributed by atoms with Gasteiger partial charge in [0, 0.05) is 17.5 Å². The standard InChI is InChI=1S/C21H27N3O4S2/c1-13(25)22-16-6-8-17(9-7-16)30(27,28)24-23-20(26)19-12-14-11-15(21(2,3)4)5-10-18(14)29-19/h6-9,12,15,24H,5,10-11H2,1-4H3,(H,22,25)(H,23,26). The smallest absolute Gasteiger partial charge is 0.276 e. The van der Waals surface area contributed by atoms with Crippen molar-refractivity contribution in [3.63, 3.8) is 0 Å². The summed E-state index contributed by atoms with van der Waals surface area (Å²) in [5.74, 6) is -0.155. The maximum atomic E-state index is 12.5. The summed E-state index contributed by atoms with van der Waals surface area (Å²) in [4.78, 5) is 27.4. The molecule has 7 nitrogen and oxygen atoms in total. The number of carbonyl (C=O) groups excluding carboxylic acids is 2. The lowest BCUT2D eigenvalue weighted by molar-refractivity contribution is -0.114. The molecule has 3 N–H and O–H groups in total. The number of amides is 2. The van der Waals surface area contributed by atoms with Crippen molar-refractivity contribution < 1.29 is 18.0 Å². The minimum Gasteiger partial charge on any atom is -0.326 e. The van der Waals surface area contributed by atoms with Gasteiger partial charge in [0.25, 0.3) is 15.9 Å². The zero-order valence-electron chi connectivity index (χ0n) is 17.5. The van der Waals surface area contributed by atoms with Gasteiger partial charge in [0.15, 0.2) is 0 Å². The molecule has 1 aliphatic carbocycles. The minimum absolute atomic E-state index is 0.0182. The molecule has 1 unspecified atom stereocenters. The summed E-state index contributed by atoms with van der Waals surface area (Å²) >= 11 is 1.42. The Labute approximate surface area is 181 Å². The second-order valence-electron chi connectivity index (χ2n) is 8.63. The summed E-state index contributed by atoms with van der Waals surface area (Å²) in [5, 5.41) is 2.57. The predicted molar refractivity (Wildman–Crippen MR) is 118 cm³/mol. The molecule has 0 saturated heterocycles. The number of hydrazine groups is 1. The van der Waals surface area contributed by atoms with Gasteiger partial charge in [0.2, 0.25) is 5.91 Å². The zero-order valence-corrected chi connectivity index (χ0v) is 19.2. The molecule has 0 bridgehead atoms. The molecule has 1 aliphatic rings. The highest BCUT2D eigenvalue weighted by atomic mass is 32.2. The average Bonchev–Trinajstić information content (AvgIpc) is 3.09. The Bertz CT molecular complexity index is 1050. The number of nitrogens with one attached hydrogen (secondary N) is 3. The Morgan fingerprint density at radius 1 is 1.13 bits per heavy atom. The van der Waals surface area contributed by atoms with Gasteiger partial charge in [-0.3, -0.25) is 15.0 Å². The van der Waals surface area contributed by atoms with Crippen LogP contribution < -0.4 is 15.6 Å².